The normalized spacial score (nSPS) is 11.4. The van der Waals surface area contributed by atoms with Gasteiger partial charge in [0.1, 0.15) is 18.2 Å². The molecular weight excluding hydrogens is 317 g/mol. The maximum absolute atomic E-state index is 13.2. The van der Waals surface area contributed by atoms with Crippen molar-refractivity contribution in [2.45, 2.75) is 25.2 Å². The van der Waals surface area contributed by atoms with E-state index in [0.29, 0.717) is 11.3 Å². The van der Waals surface area contributed by atoms with Crippen LogP contribution < -0.4 is 9.46 Å². The van der Waals surface area contributed by atoms with Crippen LogP contribution in [0.4, 0.5) is 4.39 Å². The Morgan fingerprint density at radius 1 is 1.13 bits per heavy atom. The Hall–Kier alpha value is -1.92. The van der Waals surface area contributed by atoms with Gasteiger partial charge < -0.3 is 4.74 Å². The van der Waals surface area contributed by atoms with Crippen LogP contribution in [0.2, 0.25) is 0 Å². The van der Waals surface area contributed by atoms with Gasteiger partial charge in [-0.3, -0.25) is 0 Å². The number of aryl methyl sites for hydroxylation is 2. The van der Waals surface area contributed by atoms with Crippen LogP contribution in [-0.2, 0) is 16.4 Å². The smallest absolute Gasteiger partial charge is 0.240 e. The average molecular weight is 337 g/mol. The van der Waals surface area contributed by atoms with Crippen LogP contribution in [-0.4, -0.2) is 21.6 Å². The van der Waals surface area contributed by atoms with Gasteiger partial charge in [-0.1, -0.05) is 19.1 Å². The molecule has 124 valence electrons. The summed E-state index contributed by atoms with van der Waals surface area (Å²) in [5.41, 5.74) is 1.50. The van der Waals surface area contributed by atoms with Crippen LogP contribution >= 0.6 is 0 Å². The molecule has 0 heterocycles. The molecule has 6 heteroatoms. The first-order valence-electron chi connectivity index (χ1n) is 7.40. The molecule has 4 nitrogen and oxygen atoms in total. The lowest BCUT2D eigenvalue weighted by atomic mass is 10.2. The molecule has 0 amide bonds. The molecule has 0 atom stereocenters. The van der Waals surface area contributed by atoms with E-state index in [4.69, 9.17) is 4.74 Å². The van der Waals surface area contributed by atoms with Gasteiger partial charge in [0.25, 0.3) is 0 Å². The van der Waals surface area contributed by atoms with E-state index in [-0.39, 0.29) is 18.0 Å². The highest BCUT2D eigenvalue weighted by atomic mass is 32.2. The average Bonchev–Trinajstić information content (AvgIpc) is 2.54. The molecule has 0 bridgehead atoms. The number of hydrogen-bond donors (Lipinski definition) is 1. The van der Waals surface area contributed by atoms with Crippen LogP contribution in [0.5, 0.6) is 5.75 Å². The molecule has 0 aliphatic carbocycles. The Kier molecular flexibility index (Phi) is 5.74. The second kappa shape index (κ2) is 7.57. The van der Waals surface area contributed by atoms with Gasteiger partial charge in [-0.15, -0.1) is 0 Å². The summed E-state index contributed by atoms with van der Waals surface area (Å²) >= 11 is 0. The maximum Gasteiger partial charge on any atom is 0.240 e. The van der Waals surface area contributed by atoms with Crippen molar-refractivity contribution in [2.75, 3.05) is 13.2 Å². The van der Waals surface area contributed by atoms with Crippen molar-refractivity contribution < 1.29 is 17.5 Å². The van der Waals surface area contributed by atoms with Gasteiger partial charge in [-0.2, -0.15) is 0 Å². The van der Waals surface area contributed by atoms with E-state index in [9.17, 15) is 12.8 Å². The Bertz CT molecular complexity index is 758. The maximum atomic E-state index is 13.2. The first-order valence-corrected chi connectivity index (χ1v) is 8.88. The predicted molar refractivity (Wildman–Crippen MR) is 87.6 cm³/mol. The Morgan fingerprint density at radius 3 is 2.43 bits per heavy atom. The summed E-state index contributed by atoms with van der Waals surface area (Å²) < 4.78 is 45.3. The summed E-state index contributed by atoms with van der Waals surface area (Å²) in [6.07, 6.45) is 0.956. The Labute approximate surface area is 136 Å². The third-order valence-corrected chi connectivity index (χ3v) is 4.89. The van der Waals surface area contributed by atoms with E-state index >= 15 is 0 Å². The van der Waals surface area contributed by atoms with Gasteiger partial charge in [0.15, 0.2) is 0 Å². The van der Waals surface area contributed by atoms with Gasteiger partial charge in [-0.25, -0.2) is 17.5 Å². The van der Waals surface area contributed by atoms with Crippen LogP contribution in [0.15, 0.2) is 47.4 Å². The SMILES string of the molecule is CCc1ccc(OCCNS(=O)(=O)c2ccc(F)c(C)c2)cc1. The van der Waals surface area contributed by atoms with Gasteiger partial charge in [0.2, 0.25) is 10.0 Å². The van der Waals surface area contributed by atoms with Gasteiger partial charge in [0.05, 0.1) is 4.90 Å². The molecule has 0 spiro atoms. The van der Waals surface area contributed by atoms with Crippen molar-refractivity contribution in [1.29, 1.82) is 0 Å². The molecule has 0 radical (unpaired) electrons. The Balaban J connectivity index is 1.88. The lowest BCUT2D eigenvalue weighted by molar-refractivity contribution is 0.322. The minimum absolute atomic E-state index is 0.0451. The highest BCUT2D eigenvalue weighted by Gasteiger charge is 2.14. The molecule has 1 N–H and O–H groups in total. The first-order chi connectivity index (χ1) is 10.9. The molecule has 23 heavy (non-hydrogen) atoms. The fourth-order valence-corrected chi connectivity index (χ4v) is 3.13. The number of hydrogen-bond acceptors (Lipinski definition) is 3. The number of sulfonamides is 1. The molecule has 0 aliphatic heterocycles. The molecule has 0 aromatic heterocycles. The third-order valence-electron chi connectivity index (χ3n) is 3.43. The zero-order chi connectivity index (χ0) is 16.9. The zero-order valence-corrected chi connectivity index (χ0v) is 14.0. The molecule has 0 saturated heterocycles. The summed E-state index contributed by atoms with van der Waals surface area (Å²) in [6, 6.07) is 11.4. The predicted octanol–water partition coefficient (Wildman–Crippen LogP) is 3.05. The van der Waals surface area contributed by atoms with Gasteiger partial charge in [0, 0.05) is 6.54 Å². The van der Waals surface area contributed by atoms with Crippen molar-refractivity contribution in [3.8, 4) is 5.75 Å². The summed E-state index contributed by atoms with van der Waals surface area (Å²) in [6.45, 7) is 3.94. The van der Waals surface area contributed by atoms with E-state index in [1.807, 2.05) is 24.3 Å². The first kappa shape index (κ1) is 17.4. The number of rotatable bonds is 7. The summed E-state index contributed by atoms with van der Waals surface area (Å²) in [5, 5.41) is 0. The summed E-state index contributed by atoms with van der Waals surface area (Å²) in [7, 11) is -3.66. The number of ether oxygens (including phenoxy) is 1. The largest absolute Gasteiger partial charge is 0.492 e. The fraction of sp³-hybridized carbons (Fsp3) is 0.294. The standard InChI is InChI=1S/C17H20FNO3S/c1-3-14-4-6-15(7-5-14)22-11-10-19-23(20,21)16-8-9-17(18)13(2)12-16/h4-9,12,19H,3,10-11H2,1-2H3. The quantitative estimate of drug-likeness (QED) is 0.790. The monoisotopic (exact) mass is 337 g/mol. The lowest BCUT2D eigenvalue weighted by Crippen LogP contribution is -2.28. The highest BCUT2D eigenvalue weighted by Crippen LogP contribution is 2.14. The highest BCUT2D eigenvalue weighted by molar-refractivity contribution is 7.89. The zero-order valence-electron chi connectivity index (χ0n) is 13.2. The second-order valence-electron chi connectivity index (χ2n) is 5.15. The molecule has 0 unspecified atom stereocenters. The van der Waals surface area contributed by atoms with E-state index < -0.39 is 15.8 Å². The number of halogens is 1. The van der Waals surface area contributed by atoms with E-state index in [0.717, 1.165) is 12.5 Å². The molecule has 2 aromatic rings. The van der Waals surface area contributed by atoms with Crippen molar-refractivity contribution in [1.82, 2.24) is 4.72 Å². The van der Waals surface area contributed by atoms with Crippen molar-refractivity contribution >= 4 is 10.0 Å². The van der Waals surface area contributed by atoms with Crippen LogP contribution in [0.25, 0.3) is 0 Å². The van der Waals surface area contributed by atoms with E-state index in [1.54, 1.807) is 0 Å². The van der Waals surface area contributed by atoms with Crippen LogP contribution in [0, 0.1) is 12.7 Å². The second-order valence-corrected chi connectivity index (χ2v) is 6.92. The van der Waals surface area contributed by atoms with E-state index in [1.165, 1.54) is 24.6 Å². The number of benzene rings is 2. The lowest BCUT2D eigenvalue weighted by Gasteiger charge is -2.09. The van der Waals surface area contributed by atoms with E-state index in [2.05, 4.69) is 11.6 Å². The number of nitrogens with one attached hydrogen (secondary N) is 1. The van der Waals surface area contributed by atoms with Crippen molar-refractivity contribution in [3.63, 3.8) is 0 Å². The van der Waals surface area contributed by atoms with Gasteiger partial charge in [-0.05, 0) is 54.8 Å². The molecule has 0 aliphatic rings. The summed E-state index contributed by atoms with van der Waals surface area (Å²) in [4.78, 5) is 0.0451. The summed E-state index contributed by atoms with van der Waals surface area (Å²) in [5.74, 6) is 0.266. The fourth-order valence-electron chi connectivity index (χ4n) is 2.03. The minimum Gasteiger partial charge on any atom is -0.492 e. The molecule has 2 aromatic carbocycles. The third kappa shape index (κ3) is 4.77. The molecule has 2 rings (SSSR count). The molecule has 0 saturated carbocycles. The topological polar surface area (TPSA) is 55.4 Å². The van der Waals surface area contributed by atoms with Crippen LogP contribution in [0.3, 0.4) is 0 Å². The van der Waals surface area contributed by atoms with Crippen molar-refractivity contribution in [3.05, 3.63) is 59.4 Å². The molecular formula is C17H20FNO3S. The van der Waals surface area contributed by atoms with Crippen LogP contribution in [0.1, 0.15) is 18.1 Å². The minimum atomic E-state index is -3.66. The van der Waals surface area contributed by atoms with Gasteiger partial charge >= 0.3 is 0 Å². The Morgan fingerprint density at radius 2 is 1.83 bits per heavy atom. The molecule has 0 fully saturated rings. The van der Waals surface area contributed by atoms with Crippen molar-refractivity contribution in [2.24, 2.45) is 0 Å².